The average Bonchev–Trinajstić information content (AvgIpc) is 2.57. The number of amides is 1. The van der Waals surface area contributed by atoms with Crippen LogP contribution in [0.15, 0.2) is 18.2 Å². The molecule has 1 atom stereocenters. The van der Waals surface area contributed by atoms with Crippen LogP contribution >= 0.6 is 27.5 Å². The summed E-state index contributed by atoms with van der Waals surface area (Å²) in [5.41, 5.74) is 1.43. The molecule has 2 rings (SSSR count). The fourth-order valence-electron chi connectivity index (χ4n) is 1.84. The van der Waals surface area contributed by atoms with Crippen LogP contribution in [0.25, 0.3) is 0 Å². The van der Waals surface area contributed by atoms with E-state index in [1.807, 2.05) is 0 Å². The molecule has 1 aromatic carbocycles. The van der Waals surface area contributed by atoms with Crippen LogP contribution in [0.4, 0.5) is 5.69 Å². The molecule has 1 fully saturated rings. The van der Waals surface area contributed by atoms with E-state index in [1.54, 1.807) is 23.1 Å². The van der Waals surface area contributed by atoms with E-state index in [0.717, 1.165) is 5.69 Å². The van der Waals surface area contributed by atoms with Crippen LogP contribution < -0.4 is 4.90 Å². The zero-order chi connectivity index (χ0) is 11.7. The zero-order valence-corrected chi connectivity index (χ0v) is 10.8. The summed E-state index contributed by atoms with van der Waals surface area (Å²) in [6.07, 6.45) is 0.494. The van der Waals surface area contributed by atoms with Crippen LogP contribution in [-0.2, 0) is 11.4 Å². The van der Waals surface area contributed by atoms with Crippen molar-refractivity contribution in [2.24, 2.45) is 0 Å². The molecule has 0 saturated carbocycles. The molecule has 0 aromatic heterocycles. The maximum Gasteiger partial charge on any atom is 0.228 e. The number of benzene rings is 1. The number of hydrogen-bond donors (Lipinski definition) is 1. The minimum absolute atomic E-state index is 0.0684. The number of hydrogen-bond acceptors (Lipinski definition) is 2. The van der Waals surface area contributed by atoms with Crippen molar-refractivity contribution in [1.82, 2.24) is 0 Å². The highest BCUT2D eigenvalue weighted by Gasteiger charge is 2.29. The van der Waals surface area contributed by atoms with Crippen LogP contribution in [0.2, 0.25) is 5.02 Å². The fourth-order valence-corrected chi connectivity index (χ4v) is 2.60. The van der Waals surface area contributed by atoms with E-state index in [4.69, 9.17) is 11.6 Å². The predicted molar refractivity (Wildman–Crippen MR) is 67.1 cm³/mol. The van der Waals surface area contributed by atoms with Gasteiger partial charge in [0.25, 0.3) is 0 Å². The number of carbonyl (C=O) groups excluding carboxylic acids is 1. The van der Waals surface area contributed by atoms with Gasteiger partial charge >= 0.3 is 0 Å². The first-order valence-corrected chi connectivity index (χ1v) is 6.25. The van der Waals surface area contributed by atoms with Gasteiger partial charge in [0.05, 0.1) is 6.61 Å². The number of rotatable bonds is 2. The largest absolute Gasteiger partial charge is 0.392 e. The second-order valence-corrected chi connectivity index (χ2v) is 5.47. The first kappa shape index (κ1) is 11.9. The summed E-state index contributed by atoms with van der Waals surface area (Å²) in [7, 11) is 0. The summed E-state index contributed by atoms with van der Waals surface area (Å²) in [5, 5.41) is 9.81. The first-order chi connectivity index (χ1) is 7.61. The summed E-state index contributed by atoms with van der Waals surface area (Å²) in [6.45, 7) is 0.514. The lowest BCUT2D eigenvalue weighted by Crippen LogP contribution is -2.25. The molecule has 16 heavy (non-hydrogen) atoms. The molecule has 1 saturated heterocycles. The molecule has 1 aromatic rings. The van der Waals surface area contributed by atoms with Gasteiger partial charge in [-0.1, -0.05) is 27.5 Å². The van der Waals surface area contributed by atoms with Gasteiger partial charge in [-0.25, -0.2) is 0 Å². The number of aliphatic hydroxyl groups excluding tert-OH is 1. The Balaban J connectivity index is 2.36. The Hall–Kier alpha value is -0.580. The Bertz CT molecular complexity index is 424. The van der Waals surface area contributed by atoms with Crippen molar-refractivity contribution in [3.63, 3.8) is 0 Å². The number of alkyl halides is 1. The smallest absolute Gasteiger partial charge is 0.228 e. The third-order valence-corrected chi connectivity index (χ3v) is 3.43. The van der Waals surface area contributed by atoms with E-state index in [2.05, 4.69) is 15.9 Å². The predicted octanol–water partition coefficient (Wildman–Crippen LogP) is 2.33. The van der Waals surface area contributed by atoms with E-state index in [1.165, 1.54) is 0 Å². The highest BCUT2D eigenvalue weighted by molar-refractivity contribution is 9.09. The average molecular weight is 305 g/mol. The van der Waals surface area contributed by atoms with Crippen molar-refractivity contribution in [3.05, 3.63) is 28.8 Å². The van der Waals surface area contributed by atoms with E-state index in [0.29, 0.717) is 23.6 Å². The van der Waals surface area contributed by atoms with Crippen LogP contribution in [-0.4, -0.2) is 22.4 Å². The van der Waals surface area contributed by atoms with Gasteiger partial charge in [-0.15, -0.1) is 0 Å². The van der Waals surface area contributed by atoms with Gasteiger partial charge in [-0.2, -0.15) is 0 Å². The number of anilines is 1. The number of halogens is 2. The maximum absolute atomic E-state index is 11.7. The summed E-state index contributed by atoms with van der Waals surface area (Å²) < 4.78 is 0. The molecule has 1 aliphatic rings. The van der Waals surface area contributed by atoms with Gasteiger partial charge < -0.3 is 10.0 Å². The number of aliphatic hydroxyl groups is 1. The van der Waals surface area contributed by atoms with Crippen LogP contribution in [0.5, 0.6) is 0 Å². The topological polar surface area (TPSA) is 40.5 Å². The fraction of sp³-hybridized carbons (Fsp3) is 0.364. The maximum atomic E-state index is 11.7. The first-order valence-electron chi connectivity index (χ1n) is 4.95. The minimum Gasteiger partial charge on any atom is -0.392 e. The Kier molecular flexibility index (Phi) is 3.52. The third kappa shape index (κ3) is 2.24. The molecule has 0 spiro atoms. The Morgan fingerprint density at radius 2 is 2.31 bits per heavy atom. The lowest BCUT2D eigenvalue weighted by Gasteiger charge is -2.19. The van der Waals surface area contributed by atoms with Crippen molar-refractivity contribution in [2.75, 3.05) is 11.4 Å². The summed E-state index contributed by atoms with van der Waals surface area (Å²) in [5.74, 6) is 0.0684. The molecule has 1 N–H and O–H groups in total. The molecular weight excluding hydrogens is 293 g/mol. The number of carbonyl (C=O) groups is 1. The Morgan fingerprint density at radius 3 is 2.88 bits per heavy atom. The second kappa shape index (κ2) is 4.73. The van der Waals surface area contributed by atoms with E-state index < -0.39 is 0 Å². The van der Waals surface area contributed by atoms with Gasteiger partial charge in [0.15, 0.2) is 0 Å². The molecular formula is C11H11BrClNO2. The van der Waals surface area contributed by atoms with Crippen LogP contribution in [0, 0.1) is 0 Å². The van der Waals surface area contributed by atoms with Crippen molar-refractivity contribution >= 4 is 39.1 Å². The standard InChI is InChI=1S/C11H11BrClNO2/c12-8-4-11(16)14(5-8)10-2-1-9(13)3-7(10)6-15/h1-3,8,15H,4-6H2. The van der Waals surface area contributed by atoms with Crippen molar-refractivity contribution in [2.45, 2.75) is 17.9 Å². The van der Waals surface area contributed by atoms with Gasteiger partial charge in [0.1, 0.15) is 0 Å². The van der Waals surface area contributed by atoms with Gasteiger partial charge in [-0.3, -0.25) is 4.79 Å². The van der Waals surface area contributed by atoms with Gasteiger partial charge in [0.2, 0.25) is 5.91 Å². The SMILES string of the molecule is O=C1CC(Br)CN1c1ccc(Cl)cc1CO. The molecule has 0 bridgehead atoms. The molecule has 1 heterocycles. The summed E-state index contributed by atoms with van der Waals surface area (Å²) in [6, 6.07) is 5.19. The third-order valence-electron chi connectivity index (χ3n) is 2.58. The van der Waals surface area contributed by atoms with Crippen LogP contribution in [0.1, 0.15) is 12.0 Å². The Morgan fingerprint density at radius 1 is 1.56 bits per heavy atom. The molecule has 5 heteroatoms. The van der Waals surface area contributed by atoms with E-state index >= 15 is 0 Å². The normalized spacial score (nSPS) is 20.6. The van der Waals surface area contributed by atoms with Gasteiger partial charge in [0, 0.05) is 34.1 Å². The van der Waals surface area contributed by atoms with Crippen molar-refractivity contribution < 1.29 is 9.90 Å². The quantitative estimate of drug-likeness (QED) is 0.852. The van der Waals surface area contributed by atoms with E-state index in [-0.39, 0.29) is 17.3 Å². The summed E-state index contributed by atoms with van der Waals surface area (Å²) >= 11 is 9.27. The van der Waals surface area contributed by atoms with Crippen molar-refractivity contribution in [3.8, 4) is 0 Å². The molecule has 3 nitrogen and oxygen atoms in total. The van der Waals surface area contributed by atoms with Crippen molar-refractivity contribution in [1.29, 1.82) is 0 Å². The number of nitrogens with zero attached hydrogens (tertiary/aromatic N) is 1. The molecule has 0 radical (unpaired) electrons. The summed E-state index contributed by atoms with van der Waals surface area (Å²) in [4.78, 5) is 13.6. The lowest BCUT2D eigenvalue weighted by molar-refractivity contribution is -0.117. The second-order valence-electron chi connectivity index (χ2n) is 3.74. The lowest BCUT2D eigenvalue weighted by atomic mass is 10.1. The zero-order valence-electron chi connectivity index (χ0n) is 8.49. The highest BCUT2D eigenvalue weighted by atomic mass is 79.9. The molecule has 86 valence electrons. The Labute approximate surface area is 107 Å². The molecule has 1 amide bonds. The minimum atomic E-state index is -0.118. The monoisotopic (exact) mass is 303 g/mol. The molecule has 0 aliphatic carbocycles. The molecule has 1 unspecified atom stereocenters. The molecule has 1 aliphatic heterocycles. The highest BCUT2D eigenvalue weighted by Crippen LogP contribution is 2.30. The van der Waals surface area contributed by atoms with E-state index in [9.17, 15) is 9.90 Å². The van der Waals surface area contributed by atoms with Crippen LogP contribution in [0.3, 0.4) is 0 Å². The van der Waals surface area contributed by atoms with Gasteiger partial charge in [-0.05, 0) is 18.2 Å².